The van der Waals surface area contributed by atoms with E-state index in [-0.39, 0.29) is 0 Å². The van der Waals surface area contributed by atoms with Crippen LogP contribution in [0.2, 0.25) is 10.0 Å². The van der Waals surface area contributed by atoms with Crippen LogP contribution < -0.4 is 5.32 Å². The molecule has 3 aromatic rings. The third kappa shape index (κ3) is 2.59. The second-order valence-electron chi connectivity index (χ2n) is 4.52. The molecule has 0 aliphatic carbocycles. The molecule has 1 N–H and O–H groups in total. The zero-order valence-electron chi connectivity index (χ0n) is 10.7. The van der Waals surface area contributed by atoms with Gasteiger partial charge in [0, 0.05) is 6.54 Å². The van der Waals surface area contributed by atoms with Gasteiger partial charge in [-0.15, -0.1) is 0 Å². The van der Waals surface area contributed by atoms with Gasteiger partial charge in [-0.2, -0.15) is 8.75 Å². The average molecular weight is 324 g/mol. The molecule has 0 saturated carbocycles. The van der Waals surface area contributed by atoms with Crippen LogP contribution in [0.4, 0.5) is 5.69 Å². The summed E-state index contributed by atoms with van der Waals surface area (Å²) in [5, 5.41) is 4.41. The number of hydrogen-bond donors (Lipinski definition) is 1. The standard InChI is InChI=1S/C14H11Cl2N3S/c1-8-3-2-4-9(5-8)7-17-12-10(15)6-11(16)13-14(12)19-20-18-13/h2-6,17H,7H2,1H3. The van der Waals surface area contributed by atoms with Gasteiger partial charge >= 0.3 is 0 Å². The summed E-state index contributed by atoms with van der Waals surface area (Å²) in [7, 11) is 0. The van der Waals surface area contributed by atoms with E-state index in [1.54, 1.807) is 6.07 Å². The second kappa shape index (κ2) is 5.56. The van der Waals surface area contributed by atoms with Crippen molar-refractivity contribution in [2.24, 2.45) is 0 Å². The van der Waals surface area contributed by atoms with E-state index in [4.69, 9.17) is 23.2 Å². The molecule has 3 nitrogen and oxygen atoms in total. The molecule has 1 heterocycles. The maximum Gasteiger partial charge on any atom is 0.130 e. The van der Waals surface area contributed by atoms with Crippen LogP contribution >= 0.6 is 34.9 Å². The van der Waals surface area contributed by atoms with E-state index in [1.165, 1.54) is 11.1 Å². The number of anilines is 1. The van der Waals surface area contributed by atoms with E-state index in [1.807, 2.05) is 6.07 Å². The predicted octanol–water partition coefficient (Wildman–Crippen LogP) is 4.92. The number of aromatic nitrogens is 2. The van der Waals surface area contributed by atoms with Crippen LogP contribution in [-0.4, -0.2) is 8.75 Å². The molecule has 102 valence electrons. The molecular formula is C14H11Cl2N3S. The van der Waals surface area contributed by atoms with Crippen molar-refractivity contribution >= 4 is 51.7 Å². The van der Waals surface area contributed by atoms with Crippen molar-refractivity contribution in [1.82, 2.24) is 8.75 Å². The fourth-order valence-electron chi connectivity index (χ4n) is 2.05. The quantitative estimate of drug-likeness (QED) is 0.743. The lowest BCUT2D eigenvalue weighted by atomic mass is 10.1. The number of aryl methyl sites for hydroxylation is 1. The van der Waals surface area contributed by atoms with Crippen LogP contribution in [0.15, 0.2) is 30.3 Å². The van der Waals surface area contributed by atoms with Crippen molar-refractivity contribution in [1.29, 1.82) is 0 Å². The molecule has 0 atom stereocenters. The van der Waals surface area contributed by atoms with Crippen molar-refractivity contribution in [3.63, 3.8) is 0 Å². The first-order valence-corrected chi connectivity index (χ1v) is 7.53. The number of halogens is 2. The lowest BCUT2D eigenvalue weighted by Gasteiger charge is -2.10. The first kappa shape index (κ1) is 13.6. The molecule has 0 saturated heterocycles. The van der Waals surface area contributed by atoms with Gasteiger partial charge in [-0.1, -0.05) is 53.0 Å². The SMILES string of the molecule is Cc1cccc(CNc2c(Cl)cc(Cl)c3nsnc23)c1. The van der Waals surface area contributed by atoms with Crippen molar-refractivity contribution in [2.75, 3.05) is 5.32 Å². The van der Waals surface area contributed by atoms with Gasteiger partial charge in [0.2, 0.25) is 0 Å². The monoisotopic (exact) mass is 323 g/mol. The first-order chi connectivity index (χ1) is 9.65. The van der Waals surface area contributed by atoms with Crippen LogP contribution in [0.5, 0.6) is 0 Å². The number of fused-ring (bicyclic) bond motifs is 1. The maximum absolute atomic E-state index is 6.25. The number of rotatable bonds is 3. The number of nitrogens with one attached hydrogen (secondary N) is 1. The Balaban J connectivity index is 1.93. The van der Waals surface area contributed by atoms with Gasteiger partial charge < -0.3 is 5.32 Å². The summed E-state index contributed by atoms with van der Waals surface area (Å²) in [6.45, 7) is 2.75. The van der Waals surface area contributed by atoms with Crippen LogP contribution in [-0.2, 0) is 6.54 Å². The first-order valence-electron chi connectivity index (χ1n) is 6.05. The molecule has 0 spiro atoms. The normalized spacial score (nSPS) is 10.9. The van der Waals surface area contributed by atoms with Crippen molar-refractivity contribution in [3.05, 3.63) is 51.5 Å². The molecule has 1 aromatic heterocycles. The molecule has 0 aliphatic rings. The number of hydrogen-bond acceptors (Lipinski definition) is 4. The van der Waals surface area contributed by atoms with Crippen LogP contribution in [0.25, 0.3) is 11.0 Å². The third-order valence-electron chi connectivity index (χ3n) is 3.00. The Morgan fingerprint density at radius 3 is 2.70 bits per heavy atom. The summed E-state index contributed by atoms with van der Waals surface area (Å²) < 4.78 is 8.46. The summed E-state index contributed by atoms with van der Waals surface area (Å²) in [5.41, 5.74) is 4.61. The van der Waals surface area contributed by atoms with Crippen molar-refractivity contribution in [2.45, 2.75) is 13.5 Å². The Morgan fingerprint density at radius 2 is 1.90 bits per heavy atom. The predicted molar refractivity (Wildman–Crippen MR) is 85.9 cm³/mol. The van der Waals surface area contributed by atoms with Gasteiger partial charge in [-0.3, -0.25) is 0 Å². The summed E-state index contributed by atoms with van der Waals surface area (Å²) in [6, 6.07) is 10.0. The van der Waals surface area contributed by atoms with Crippen LogP contribution in [0.3, 0.4) is 0 Å². The molecule has 0 amide bonds. The summed E-state index contributed by atoms with van der Waals surface area (Å²) >= 11 is 13.5. The third-order valence-corrected chi connectivity index (χ3v) is 4.11. The Hall–Kier alpha value is -1.36. The number of nitrogens with zero attached hydrogens (tertiary/aromatic N) is 2. The maximum atomic E-state index is 6.25. The molecule has 0 unspecified atom stereocenters. The summed E-state index contributed by atoms with van der Waals surface area (Å²) in [5.74, 6) is 0. The van der Waals surface area contributed by atoms with Gasteiger partial charge in [-0.05, 0) is 18.6 Å². The van der Waals surface area contributed by atoms with Crippen LogP contribution in [0, 0.1) is 6.92 Å². The van der Waals surface area contributed by atoms with Gasteiger partial charge in [-0.25, -0.2) is 0 Å². The lowest BCUT2D eigenvalue weighted by molar-refractivity contribution is 1.14. The zero-order chi connectivity index (χ0) is 14.1. The summed E-state index contributed by atoms with van der Waals surface area (Å²) in [6.07, 6.45) is 0. The van der Waals surface area contributed by atoms with Crippen molar-refractivity contribution in [3.8, 4) is 0 Å². The largest absolute Gasteiger partial charge is 0.378 e. The van der Waals surface area contributed by atoms with E-state index in [2.05, 4.69) is 39.2 Å². The minimum atomic E-state index is 0.528. The Bertz CT molecular complexity index is 770. The Labute approximate surface area is 130 Å². The van der Waals surface area contributed by atoms with Crippen LogP contribution in [0.1, 0.15) is 11.1 Å². The number of benzene rings is 2. The topological polar surface area (TPSA) is 37.8 Å². The molecule has 0 fully saturated rings. The molecule has 0 bridgehead atoms. The van der Waals surface area contributed by atoms with Gasteiger partial charge in [0.25, 0.3) is 0 Å². The van der Waals surface area contributed by atoms with E-state index in [0.717, 1.165) is 22.9 Å². The lowest BCUT2D eigenvalue weighted by Crippen LogP contribution is -2.01. The highest BCUT2D eigenvalue weighted by Crippen LogP contribution is 2.35. The Kier molecular flexibility index (Phi) is 3.78. The highest BCUT2D eigenvalue weighted by molar-refractivity contribution is 7.00. The molecule has 6 heteroatoms. The molecule has 0 aliphatic heterocycles. The van der Waals surface area contributed by atoms with E-state index in [9.17, 15) is 0 Å². The molecule has 2 aromatic carbocycles. The van der Waals surface area contributed by atoms with Gasteiger partial charge in [0.15, 0.2) is 0 Å². The molecule has 20 heavy (non-hydrogen) atoms. The fraction of sp³-hybridized carbons (Fsp3) is 0.143. The van der Waals surface area contributed by atoms with Crippen molar-refractivity contribution < 1.29 is 0 Å². The van der Waals surface area contributed by atoms with E-state index in [0.29, 0.717) is 22.1 Å². The van der Waals surface area contributed by atoms with Gasteiger partial charge in [0.05, 0.1) is 27.5 Å². The minimum Gasteiger partial charge on any atom is -0.378 e. The average Bonchev–Trinajstić information content (AvgIpc) is 2.88. The smallest absolute Gasteiger partial charge is 0.130 e. The molecule has 0 radical (unpaired) electrons. The molecule has 3 rings (SSSR count). The fourth-order valence-corrected chi connectivity index (χ4v) is 3.23. The van der Waals surface area contributed by atoms with Gasteiger partial charge in [0.1, 0.15) is 11.0 Å². The minimum absolute atomic E-state index is 0.528. The van der Waals surface area contributed by atoms with E-state index >= 15 is 0 Å². The molecular weight excluding hydrogens is 313 g/mol. The Morgan fingerprint density at radius 1 is 1.10 bits per heavy atom. The second-order valence-corrected chi connectivity index (χ2v) is 5.86. The summed E-state index contributed by atoms with van der Waals surface area (Å²) in [4.78, 5) is 0. The highest BCUT2D eigenvalue weighted by atomic mass is 35.5. The highest BCUT2D eigenvalue weighted by Gasteiger charge is 2.13. The van der Waals surface area contributed by atoms with E-state index < -0.39 is 0 Å². The zero-order valence-corrected chi connectivity index (χ0v) is 13.0.